The molecule has 2 aromatic rings. The number of aromatic amines is 1. The number of hydrogen-bond acceptors (Lipinski definition) is 10. The van der Waals surface area contributed by atoms with Gasteiger partial charge in [0.15, 0.2) is 6.23 Å². The number of carbonyl (C=O) groups is 1. The third-order valence-electron chi connectivity index (χ3n) is 5.64. The van der Waals surface area contributed by atoms with Crippen LogP contribution in [-0.4, -0.2) is 63.8 Å². The van der Waals surface area contributed by atoms with Crippen molar-refractivity contribution in [3.63, 3.8) is 0 Å². The van der Waals surface area contributed by atoms with Gasteiger partial charge < -0.3 is 23.8 Å². The van der Waals surface area contributed by atoms with Crippen LogP contribution in [0.25, 0.3) is 0 Å². The summed E-state index contributed by atoms with van der Waals surface area (Å²) in [5.74, 6) is -0.455. The fourth-order valence-electron chi connectivity index (χ4n) is 3.90. The van der Waals surface area contributed by atoms with E-state index in [1.165, 1.54) is 13.1 Å². The lowest BCUT2D eigenvalue weighted by atomic mass is 10.0. The van der Waals surface area contributed by atoms with Gasteiger partial charge in [-0.15, -0.1) is 0 Å². The third-order valence-corrected chi connectivity index (χ3v) is 7.26. The predicted molar refractivity (Wildman–Crippen MR) is 124 cm³/mol. The van der Waals surface area contributed by atoms with Gasteiger partial charge in [-0.1, -0.05) is 18.2 Å². The van der Waals surface area contributed by atoms with Crippen LogP contribution in [0.3, 0.4) is 0 Å². The van der Waals surface area contributed by atoms with E-state index in [0.717, 1.165) is 10.6 Å². The Morgan fingerprint density at radius 2 is 2.00 bits per heavy atom. The molecule has 3 heterocycles. The van der Waals surface area contributed by atoms with E-state index in [-0.39, 0.29) is 18.5 Å². The summed E-state index contributed by atoms with van der Waals surface area (Å²) < 4.78 is 42.8. The molecule has 36 heavy (non-hydrogen) atoms. The van der Waals surface area contributed by atoms with E-state index in [0.29, 0.717) is 0 Å². The lowest BCUT2D eigenvalue weighted by Gasteiger charge is -2.32. The fourth-order valence-corrected chi connectivity index (χ4v) is 5.44. The lowest BCUT2D eigenvalue weighted by molar-refractivity contribution is -0.185. The van der Waals surface area contributed by atoms with Gasteiger partial charge in [-0.2, -0.15) is 5.09 Å². The summed E-state index contributed by atoms with van der Waals surface area (Å²) in [5, 5.41) is 13.4. The monoisotopic (exact) mass is 525 g/mol. The van der Waals surface area contributed by atoms with Crippen LogP contribution in [0, 0.1) is 0 Å². The normalized spacial score (nSPS) is 27.5. The maximum absolute atomic E-state index is 13.7. The molecule has 0 amide bonds. The van der Waals surface area contributed by atoms with Crippen molar-refractivity contribution in [3.05, 3.63) is 63.4 Å². The quantitative estimate of drug-likeness (QED) is 0.295. The highest BCUT2D eigenvalue weighted by Crippen LogP contribution is 2.50. The van der Waals surface area contributed by atoms with E-state index >= 15 is 0 Å². The Bertz CT molecular complexity index is 1250. The highest BCUT2D eigenvalue weighted by Gasteiger charge is 2.62. The van der Waals surface area contributed by atoms with E-state index in [4.69, 9.17) is 23.3 Å². The molecule has 13 nitrogen and oxygen atoms in total. The van der Waals surface area contributed by atoms with Gasteiger partial charge in [0.25, 0.3) is 5.56 Å². The number of fused-ring (bicyclic) bond motifs is 2. The molecule has 0 spiro atoms. The lowest BCUT2D eigenvalue weighted by Crippen LogP contribution is -2.46. The van der Waals surface area contributed by atoms with Gasteiger partial charge in [-0.25, -0.2) is 9.36 Å². The smallest absolute Gasteiger partial charge is 0.459 e. The van der Waals surface area contributed by atoms with Crippen molar-refractivity contribution in [2.45, 2.75) is 57.0 Å². The van der Waals surface area contributed by atoms with Crippen LogP contribution in [0.4, 0.5) is 0 Å². The second kappa shape index (κ2) is 10.3. The molecule has 2 fully saturated rings. The molecule has 2 saturated heterocycles. The van der Waals surface area contributed by atoms with Crippen LogP contribution < -0.4 is 20.9 Å². The number of aliphatic hydroxyl groups is 1. The Morgan fingerprint density at radius 1 is 1.28 bits per heavy atom. The largest absolute Gasteiger partial charge is 0.462 e. The number of ether oxygens (including phenoxy) is 3. The summed E-state index contributed by atoms with van der Waals surface area (Å²) in [6.07, 6.45) is -2.43. The SMILES string of the molecule is CC(C)OC(=O)[C@@H](C)NP(=O)(OCC12CO[C@@H](C(n3ccc(=O)[nH]c3=O)O1)[C@@H]2O)Oc1ccccc1. The highest BCUT2D eigenvalue weighted by atomic mass is 31.2. The molecule has 0 saturated carbocycles. The summed E-state index contributed by atoms with van der Waals surface area (Å²) in [7, 11) is -4.23. The Hall–Kier alpha value is -2.80. The number of nitrogens with zero attached hydrogens (tertiary/aromatic N) is 1. The first kappa shape index (κ1) is 26.3. The molecule has 6 atom stereocenters. The molecule has 2 aliphatic heterocycles. The van der Waals surface area contributed by atoms with Crippen molar-refractivity contribution < 1.29 is 37.7 Å². The first-order valence-corrected chi connectivity index (χ1v) is 12.8. The zero-order valence-electron chi connectivity index (χ0n) is 19.9. The molecule has 1 aromatic carbocycles. The predicted octanol–water partition coefficient (Wildman–Crippen LogP) is 0.697. The van der Waals surface area contributed by atoms with E-state index in [1.54, 1.807) is 44.2 Å². The van der Waals surface area contributed by atoms with Crippen molar-refractivity contribution in [3.8, 4) is 5.75 Å². The Kier molecular flexibility index (Phi) is 7.51. The molecule has 14 heteroatoms. The molecule has 4 rings (SSSR count). The molecular formula is C22H28N3O10P. The third kappa shape index (κ3) is 5.46. The molecule has 3 N–H and O–H groups in total. The number of carbonyl (C=O) groups excluding carboxylic acids is 1. The van der Waals surface area contributed by atoms with Crippen LogP contribution in [0.1, 0.15) is 27.0 Å². The topological polar surface area (TPSA) is 167 Å². The van der Waals surface area contributed by atoms with Crippen molar-refractivity contribution in [2.24, 2.45) is 0 Å². The summed E-state index contributed by atoms with van der Waals surface area (Å²) in [6.45, 7) is 4.22. The number of H-pyrrole nitrogens is 1. The number of hydrogen-bond donors (Lipinski definition) is 3. The minimum atomic E-state index is -4.23. The van der Waals surface area contributed by atoms with Gasteiger partial charge in [-0.3, -0.25) is 23.7 Å². The zero-order chi connectivity index (χ0) is 26.1. The number of esters is 1. The van der Waals surface area contributed by atoms with Crippen molar-refractivity contribution >= 4 is 13.7 Å². The first-order valence-electron chi connectivity index (χ1n) is 11.3. The molecule has 196 valence electrons. The molecule has 2 aliphatic rings. The maximum Gasteiger partial charge on any atom is 0.459 e. The standard InChI is InChI=1S/C22H28N3O10P/c1-13(2)33-20(28)14(3)24-36(30,35-15-7-5-4-6-8-15)32-12-22-11-31-17(18(22)27)19(34-22)25-10-9-16(26)23-21(25)29/h4-10,13-14,17-19,27H,11-12H2,1-3H3,(H,24,30)(H,23,26,29)/t14-,17-,18+,19?,22?,36?/m1/s1. The molecular weight excluding hydrogens is 497 g/mol. The average Bonchev–Trinajstić information content (AvgIpc) is 3.27. The van der Waals surface area contributed by atoms with Gasteiger partial charge in [0.05, 0.1) is 19.3 Å². The van der Waals surface area contributed by atoms with E-state index < -0.39 is 61.7 Å². The van der Waals surface area contributed by atoms with Crippen LogP contribution in [-0.2, 0) is 28.1 Å². The van der Waals surface area contributed by atoms with Crippen LogP contribution in [0.5, 0.6) is 5.75 Å². The Labute approximate surface area is 205 Å². The Morgan fingerprint density at radius 3 is 2.67 bits per heavy atom. The molecule has 3 unspecified atom stereocenters. The van der Waals surface area contributed by atoms with Gasteiger partial charge in [0, 0.05) is 12.3 Å². The molecule has 0 aliphatic carbocycles. The number of rotatable bonds is 10. The second-order valence-electron chi connectivity index (χ2n) is 8.82. The van der Waals surface area contributed by atoms with Gasteiger partial charge in [0.2, 0.25) is 0 Å². The van der Waals surface area contributed by atoms with E-state index in [9.17, 15) is 24.1 Å². The number of aliphatic hydroxyl groups excluding tert-OH is 1. The molecule has 2 bridgehead atoms. The van der Waals surface area contributed by atoms with Crippen molar-refractivity contribution in [1.29, 1.82) is 0 Å². The minimum Gasteiger partial charge on any atom is -0.462 e. The summed E-state index contributed by atoms with van der Waals surface area (Å²) in [5.41, 5.74) is -2.83. The number of aromatic nitrogens is 2. The first-order chi connectivity index (χ1) is 17.0. The maximum atomic E-state index is 13.7. The zero-order valence-corrected chi connectivity index (χ0v) is 20.8. The van der Waals surface area contributed by atoms with Gasteiger partial charge >= 0.3 is 19.4 Å². The average molecular weight is 525 g/mol. The van der Waals surface area contributed by atoms with Gasteiger partial charge in [-0.05, 0) is 32.9 Å². The molecule has 1 aromatic heterocycles. The fraction of sp³-hybridized carbons (Fsp3) is 0.500. The summed E-state index contributed by atoms with van der Waals surface area (Å²) in [6, 6.07) is 8.26. The second-order valence-corrected chi connectivity index (χ2v) is 10.5. The van der Waals surface area contributed by atoms with Gasteiger partial charge in [0.1, 0.15) is 29.6 Å². The number of para-hydroxylation sites is 1. The number of benzene rings is 1. The van der Waals surface area contributed by atoms with E-state index in [1.807, 2.05) is 0 Å². The van der Waals surface area contributed by atoms with Crippen molar-refractivity contribution in [1.82, 2.24) is 14.6 Å². The van der Waals surface area contributed by atoms with Crippen LogP contribution >= 0.6 is 7.75 Å². The molecule has 0 radical (unpaired) electrons. The van der Waals surface area contributed by atoms with Crippen LogP contribution in [0.2, 0.25) is 0 Å². The van der Waals surface area contributed by atoms with Crippen molar-refractivity contribution in [2.75, 3.05) is 13.2 Å². The Balaban J connectivity index is 1.54. The van der Waals surface area contributed by atoms with Crippen LogP contribution in [0.15, 0.2) is 52.2 Å². The minimum absolute atomic E-state index is 0.121. The highest BCUT2D eigenvalue weighted by molar-refractivity contribution is 7.52. The number of nitrogens with one attached hydrogen (secondary N) is 2. The summed E-state index contributed by atoms with van der Waals surface area (Å²) >= 11 is 0. The summed E-state index contributed by atoms with van der Waals surface area (Å²) in [4.78, 5) is 38.1. The van der Waals surface area contributed by atoms with E-state index in [2.05, 4.69) is 10.1 Å².